The molecule has 0 aromatic heterocycles. The van der Waals surface area contributed by atoms with Gasteiger partial charge >= 0.3 is 6.09 Å². The van der Waals surface area contributed by atoms with Crippen LogP contribution in [-0.4, -0.2) is 29.4 Å². The summed E-state index contributed by atoms with van der Waals surface area (Å²) in [6.07, 6.45) is 4.74. The molecule has 1 aliphatic rings. The monoisotopic (exact) mass is 271 g/mol. The van der Waals surface area contributed by atoms with E-state index in [0.29, 0.717) is 13.0 Å². The van der Waals surface area contributed by atoms with Crippen LogP contribution in [0.5, 0.6) is 0 Å². The summed E-state index contributed by atoms with van der Waals surface area (Å²) in [5.41, 5.74) is 0.928. The molecule has 0 unspecified atom stereocenters. The summed E-state index contributed by atoms with van der Waals surface area (Å²) in [6.45, 7) is 4.21. The minimum Gasteiger partial charge on any atom is -0.445 e. The Balaban J connectivity index is 1.95. The molecule has 20 heavy (non-hydrogen) atoms. The molecule has 4 heteroatoms. The van der Waals surface area contributed by atoms with E-state index in [1.165, 1.54) is 11.0 Å². The van der Waals surface area contributed by atoms with E-state index in [9.17, 15) is 9.59 Å². The van der Waals surface area contributed by atoms with Gasteiger partial charge in [-0.05, 0) is 11.6 Å². The molecule has 0 heterocycles. The molecule has 4 nitrogen and oxygen atoms in total. The summed E-state index contributed by atoms with van der Waals surface area (Å²) in [5.74, 6) is 0.0277. The molecule has 0 saturated heterocycles. The van der Waals surface area contributed by atoms with Crippen LogP contribution in [0.3, 0.4) is 0 Å². The number of ether oxygens (including phenoxy) is 1. The SMILES string of the molecule is C=CCN(C(=O)OCc1ccccc1)[C@@H]1C=CC(=O)C1. The van der Waals surface area contributed by atoms with Crippen LogP contribution < -0.4 is 0 Å². The Morgan fingerprint density at radius 3 is 2.75 bits per heavy atom. The number of nitrogens with zero attached hydrogens (tertiary/aromatic N) is 1. The van der Waals surface area contributed by atoms with Gasteiger partial charge in [-0.1, -0.05) is 42.5 Å². The zero-order chi connectivity index (χ0) is 14.4. The molecule has 1 atom stereocenters. The van der Waals surface area contributed by atoms with E-state index in [1.54, 1.807) is 12.2 Å². The lowest BCUT2D eigenvalue weighted by Crippen LogP contribution is -2.39. The summed E-state index contributed by atoms with van der Waals surface area (Å²) in [5, 5.41) is 0. The zero-order valence-electron chi connectivity index (χ0n) is 11.2. The lowest BCUT2D eigenvalue weighted by atomic mass is 10.2. The molecule has 0 spiro atoms. The Hall–Kier alpha value is -2.36. The Bertz CT molecular complexity index is 522. The van der Waals surface area contributed by atoms with E-state index in [-0.39, 0.29) is 18.4 Å². The van der Waals surface area contributed by atoms with E-state index in [1.807, 2.05) is 30.3 Å². The molecular formula is C16H17NO3. The van der Waals surface area contributed by atoms with Gasteiger partial charge in [0.1, 0.15) is 6.61 Å². The van der Waals surface area contributed by atoms with Crippen molar-refractivity contribution in [3.63, 3.8) is 0 Å². The maximum absolute atomic E-state index is 12.1. The molecular weight excluding hydrogens is 254 g/mol. The average Bonchev–Trinajstić information content (AvgIpc) is 2.89. The highest BCUT2D eigenvalue weighted by Crippen LogP contribution is 2.15. The number of allylic oxidation sites excluding steroid dienone is 1. The van der Waals surface area contributed by atoms with E-state index in [2.05, 4.69) is 6.58 Å². The lowest BCUT2D eigenvalue weighted by Gasteiger charge is -2.25. The summed E-state index contributed by atoms with van der Waals surface area (Å²) in [4.78, 5) is 24.9. The van der Waals surface area contributed by atoms with Crippen molar-refractivity contribution in [2.75, 3.05) is 6.54 Å². The summed E-state index contributed by atoms with van der Waals surface area (Å²) >= 11 is 0. The highest BCUT2D eigenvalue weighted by atomic mass is 16.6. The number of hydrogen-bond donors (Lipinski definition) is 0. The Labute approximate surface area is 118 Å². The highest BCUT2D eigenvalue weighted by Gasteiger charge is 2.27. The van der Waals surface area contributed by atoms with Gasteiger partial charge in [-0.2, -0.15) is 0 Å². The number of benzene rings is 1. The lowest BCUT2D eigenvalue weighted by molar-refractivity contribution is -0.114. The minimum atomic E-state index is -0.432. The number of amides is 1. The molecule has 0 radical (unpaired) electrons. The third-order valence-corrected chi connectivity index (χ3v) is 3.08. The van der Waals surface area contributed by atoms with E-state index >= 15 is 0 Å². The van der Waals surface area contributed by atoms with E-state index < -0.39 is 6.09 Å². The third-order valence-electron chi connectivity index (χ3n) is 3.08. The number of carbonyl (C=O) groups is 2. The first kappa shape index (κ1) is 14.1. The van der Waals surface area contributed by atoms with Gasteiger partial charge < -0.3 is 4.74 Å². The van der Waals surface area contributed by atoms with Crippen LogP contribution in [-0.2, 0) is 16.1 Å². The van der Waals surface area contributed by atoms with Crippen LogP contribution in [0, 0.1) is 0 Å². The van der Waals surface area contributed by atoms with Crippen LogP contribution in [0.4, 0.5) is 4.79 Å². The molecule has 0 N–H and O–H groups in total. The number of carbonyl (C=O) groups excluding carboxylic acids is 2. The zero-order valence-corrected chi connectivity index (χ0v) is 11.2. The molecule has 0 aliphatic heterocycles. The van der Waals surface area contributed by atoms with Crippen molar-refractivity contribution in [2.45, 2.75) is 19.1 Å². The Morgan fingerprint density at radius 1 is 1.40 bits per heavy atom. The maximum atomic E-state index is 12.1. The highest BCUT2D eigenvalue weighted by molar-refractivity contribution is 5.93. The number of rotatable bonds is 5. The van der Waals surface area contributed by atoms with Crippen molar-refractivity contribution in [1.29, 1.82) is 0 Å². The topological polar surface area (TPSA) is 46.6 Å². The van der Waals surface area contributed by atoms with Gasteiger partial charge in [-0.15, -0.1) is 6.58 Å². The van der Waals surface area contributed by atoms with Crippen molar-refractivity contribution in [3.8, 4) is 0 Å². The minimum absolute atomic E-state index is 0.0277. The second kappa shape index (κ2) is 6.70. The second-order valence-corrected chi connectivity index (χ2v) is 4.58. The van der Waals surface area contributed by atoms with Gasteiger partial charge in [-0.25, -0.2) is 4.79 Å². The van der Waals surface area contributed by atoms with E-state index in [4.69, 9.17) is 4.74 Å². The van der Waals surface area contributed by atoms with Crippen LogP contribution >= 0.6 is 0 Å². The van der Waals surface area contributed by atoms with Gasteiger partial charge in [0.05, 0.1) is 6.04 Å². The van der Waals surface area contributed by atoms with Crippen molar-refractivity contribution in [1.82, 2.24) is 4.90 Å². The first-order chi connectivity index (χ1) is 9.70. The fourth-order valence-corrected chi connectivity index (χ4v) is 2.06. The van der Waals surface area contributed by atoms with Gasteiger partial charge in [0.25, 0.3) is 0 Å². The molecule has 1 aliphatic carbocycles. The van der Waals surface area contributed by atoms with Crippen LogP contribution in [0.25, 0.3) is 0 Å². The third kappa shape index (κ3) is 3.57. The quantitative estimate of drug-likeness (QED) is 0.774. The first-order valence-electron chi connectivity index (χ1n) is 6.50. The van der Waals surface area contributed by atoms with Crippen LogP contribution in [0.15, 0.2) is 55.1 Å². The average molecular weight is 271 g/mol. The van der Waals surface area contributed by atoms with Gasteiger partial charge in [0, 0.05) is 13.0 Å². The standard InChI is InChI=1S/C16H17NO3/c1-2-10-17(14-8-9-15(18)11-14)16(19)20-12-13-6-4-3-5-7-13/h2-9,14H,1,10-12H2/t14-/m1/s1. The van der Waals surface area contributed by atoms with Crippen molar-refractivity contribution < 1.29 is 14.3 Å². The van der Waals surface area contributed by atoms with Gasteiger partial charge in [0.15, 0.2) is 5.78 Å². The molecule has 0 bridgehead atoms. The van der Waals surface area contributed by atoms with Crippen molar-refractivity contribution >= 4 is 11.9 Å². The number of hydrogen-bond acceptors (Lipinski definition) is 3. The molecule has 1 aromatic rings. The normalized spacial score (nSPS) is 17.0. The molecule has 0 saturated carbocycles. The van der Waals surface area contributed by atoms with Crippen LogP contribution in [0.2, 0.25) is 0 Å². The van der Waals surface area contributed by atoms with Gasteiger partial charge in [-0.3, -0.25) is 9.69 Å². The largest absolute Gasteiger partial charge is 0.445 e. The smallest absolute Gasteiger partial charge is 0.410 e. The van der Waals surface area contributed by atoms with Gasteiger partial charge in [0.2, 0.25) is 0 Å². The fraction of sp³-hybridized carbons (Fsp3) is 0.250. The fourth-order valence-electron chi connectivity index (χ4n) is 2.06. The number of ketones is 1. The molecule has 104 valence electrons. The molecule has 2 rings (SSSR count). The first-order valence-corrected chi connectivity index (χ1v) is 6.50. The predicted octanol–water partition coefficient (Wildman–Crippen LogP) is 2.71. The molecule has 1 aromatic carbocycles. The maximum Gasteiger partial charge on any atom is 0.410 e. The summed E-state index contributed by atoms with van der Waals surface area (Å²) < 4.78 is 5.28. The summed E-state index contributed by atoms with van der Waals surface area (Å²) in [7, 11) is 0. The Morgan fingerprint density at radius 2 is 2.15 bits per heavy atom. The Kier molecular flexibility index (Phi) is 4.71. The van der Waals surface area contributed by atoms with E-state index in [0.717, 1.165) is 5.56 Å². The van der Waals surface area contributed by atoms with Crippen molar-refractivity contribution in [2.24, 2.45) is 0 Å². The van der Waals surface area contributed by atoms with Crippen LogP contribution in [0.1, 0.15) is 12.0 Å². The second-order valence-electron chi connectivity index (χ2n) is 4.58. The predicted molar refractivity (Wildman–Crippen MR) is 76.1 cm³/mol. The summed E-state index contributed by atoms with van der Waals surface area (Å²) in [6, 6.07) is 9.24. The molecule has 0 fully saturated rings. The van der Waals surface area contributed by atoms with Crippen molar-refractivity contribution in [3.05, 3.63) is 60.7 Å². The molecule has 1 amide bonds.